The van der Waals surface area contributed by atoms with Gasteiger partial charge in [0.25, 0.3) is 0 Å². The summed E-state index contributed by atoms with van der Waals surface area (Å²) in [5.74, 6) is -0.235. The van der Waals surface area contributed by atoms with Crippen LogP contribution in [0, 0.1) is 6.92 Å². The third-order valence-electron chi connectivity index (χ3n) is 3.90. The smallest absolute Gasteiger partial charge is 0.241 e. The molecule has 1 aromatic heterocycles. The molecule has 5 N–H and O–H groups in total. The summed E-state index contributed by atoms with van der Waals surface area (Å²) in [4.78, 5) is 12.1. The van der Waals surface area contributed by atoms with E-state index in [1.165, 1.54) is 0 Å². The van der Waals surface area contributed by atoms with Crippen LogP contribution in [0.5, 0.6) is 0 Å². The lowest BCUT2D eigenvalue weighted by Crippen LogP contribution is -2.37. The van der Waals surface area contributed by atoms with Crippen molar-refractivity contribution in [3.8, 4) is 5.69 Å². The van der Waals surface area contributed by atoms with Gasteiger partial charge in [0.15, 0.2) is 0 Å². The van der Waals surface area contributed by atoms with Gasteiger partial charge in [-0.3, -0.25) is 4.79 Å². The second-order valence-corrected chi connectivity index (χ2v) is 5.84. The molecule has 3 aromatic rings. The Balaban J connectivity index is 0.00000169. The second kappa shape index (κ2) is 9.54. The Morgan fingerprint density at radius 2 is 2.00 bits per heavy atom. The number of hydrogen-bond donors (Lipinski definition) is 3. The zero-order chi connectivity index (χ0) is 17.1. The van der Waals surface area contributed by atoms with Crippen molar-refractivity contribution in [1.29, 1.82) is 0 Å². The van der Waals surface area contributed by atoms with Crippen LogP contribution in [0.3, 0.4) is 0 Å². The molecular weight excluding hydrogens is 373 g/mol. The molecule has 8 heteroatoms. The molecule has 1 amide bonds. The lowest BCUT2D eigenvalue weighted by Gasteiger charge is -2.11. The Labute approximate surface area is 164 Å². The maximum atomic E-state index is 12.1. The van der Waals surface area contributed by atoms with E-state index in [1.807, 2.05) is 54.2 Å². The molecule has 26 heavy (non-hydrogen) atoms. The highest BCUT2D eigenvalue weighted by Gasteiger charge is 2.13. The van der Waals surface area contributed by atoms with Crippen molar-refractivity contribution in [2.24, 2.45) is 11.5 Å². The maximum Gasteiger partial charge on any atom is 0.241 e. The predicted octanol–water partition coefficient (Wildman–Crippen LogP) is 2.79. The maximum absolute atomic E-state index is 12.1. The van der Waals surface area contributed by atoms with Crippen molar-refractivity contribution in [3.63, 3.8) is 0 Å². The molecule has 1 atom stereocenters. The van der Waals surface area contributed by atoms with Gasteiger partial charge in [-0.15, -0.1) is 24.8 Å². The van der Waals surface area contributed by atoms with E-state index in [4.69, 9.17) is 11.5 Å². The summed E-state index contributed by atoms with van der Waals surface area (Å²) in [5.41, 5.74) is 15.0. The molecule has 140 valence electrons. The number of anilines is 1. The highest BCUT2D eigenvalue weighted by Crippen LogP contribution is 2.22. The summed E-state index contributed by atoms with van der Waals surface area (Å²) in [6.45, 7) is 2.42. The van der Waals surface area contributed by atoms with Crippen LogP contribution >= 0.6 is 24.8 Å². The fourth-order valence-electron chi connectivity index (χ4n) is 2.61. The van der Waals surface area contributed by atoms with E-state index in [1.54, 1.807) is 0 Å². The van der Waals surface area contributed by atoms with Crippen molar-refractivity contribution in [3.05, 3.63) is 54.2 Å². The molecule has 3 rings (SSSR count). The molecule has 2 aromatic carbocycles. The number of carbonyl (C=O) groups is 1. The first-order valence-corrected chi connectivity index (χ1v) is 7.90. The molecular formula is C18H23Cl2N5O. The van der Waals surface area contributed by atoms with Gasteiger partial charge >= 0.3 is 0 Å². The Bertz CT molecular complexity index is 881. The number of halogens is 2. The van der Waals surface area contributed by atoms with Gasteiger partial charge in [0.2, 0.25) is 5.91 Å². The van der Waals surface area contributed by atoms with Gasteiger partial charge in [-0.05, 0) is 55.8 Å². The Morgan fingerprint density at radius 3 is 2.69 bits per heavy atom. The number of aromatic nitrogens is 2. The highest BCUT2D eigenvalue weighted by molar-refractivity contribution is 5.96. The van der Waals surface area contributed by atoms with E-state index in [-0.39, 0.29) is 30.7 Å². The molecule has 0 aliphatic rings. The van der Waals surface area contributed by atoms with Gasteiger partial charge in [0.05, 0.1) is 23.4 Å². The summed E-state index contributed by atoms with van der Waals surface area (Å²) in [6.07, 6.45) is 2.26. The Kier molecular flexibility index (Phi) is 8.05. The Hall–Kier alpha value is -2.12. The minimum Gasteiger partial charge on any atom is -0.330 e. The van der Waals surface area contributed by atoms with Crippen LogP contribution in [0.4, 0.5) is 5.69 Å². The summed E-state index contributed by atoms with van der Waals surface area (Å²) in [5, 5.41) is 8.29. The van der Waals surface area contributed by atoms with E-state index in [2.05, 4.69) is 16.5 Å². The number of carbonyl (C=O) groups excluding carboxylic acids is 1. The van der Waals surface area contributed by atoms with Crippen LogP contribution in [0.15, 0.2) is 48.7 Å². The van der Waals surface area contributed by atoms with Crippen molar-refractivity contribution < 1.29 is 4.79 Å². The lowest BCUT2D eigenvalue weighted by molar-refractivity contribution is -0.117. The first-order chi connectivity index (χ1) is 11.6. The minimum atomic E-state index is -0.604. The summed E-state index contributed by atoms with van der Waals surface area (Å²) in [7, 11) is 0. The molecule has 0 bridgehead atoms. The van der Waals surface area contributed by atoms with Gasteiger partial charge in [-0.2, -0.15) is 5.10 Å². The molecule has 1 heterocycles. The molecule has 0 radical (unpaired) electrons. The van der Waals surface area contributed by atoms with Crippen LogP contribution < -0.4 is 16.8 Å². The molecule has 0 aliphatic carbocycles. The van der Waals surface area contributed by atoms with Gasteiger partial charge in [-0.25, -0.2) is 4.68 Å². The fraction of sp³-hybridized carbons (Fsp3) is 0.222. The van der Waals surface area contributed by atoms with Gasteiger partial charge < -0.3 is 16.8 Å². The quantitative estimate of drug-likeness (QED) is 0.618. The summed E-state index contributed by atoms with van der Waals surface area (Å²) < 4.78 is 1.86. The number of hydrogen-bond acceptors (Lipinski definition) is 4. The van der Waals surface area contributed by atoms with E-state index in [0.717, 1.165) is 22.2 Å². The fourth-order valence-corrected chi connectivity index (χ4v) is 2.61. The number of benzene rings is 2. The van der Waals surface area contributed by atoms with Crippen LogP contribution in [0.1, 0.15) is 12.0 Å². The summed E-state index contributed by atoms with van der Waals surface area (Å²) >= 11 is 0. The molecule has 0 aliphatic heterocycles. The first kappa shape index (κ1) is 21.9. The second-order valence-electron chi connectivity index (χ2n) is 5.84. The zero-order valence-corrected chi connectivity index (χ0v) is 16.0. The van der Waals surface area contributed by atoms with Crippen LogP contribution in [0.25, 0.3) is 16.6 Å². The average molecular weight is 396 g/mol. The number of rotatable bonds is 5. The van der Waals surface area contributed by atoms with Gasteiger partial charge in [0, 0.05) is 11.1 Å². The monoisotopic (exact) mass is 395 g/mol. The zero-order valence-electron chi connectivity index (χ0n) is 14.4. The van der Waals surface area contributed by atoms with Crippen LogP contribution in [0.2, 0.25) is 0 Å². The van der Waals surface area contributed by atoms with Crippen LogP contribution in [-0.4, -0.2) is 28.3 Å². The molecule has 0 saturated heterocycles. The number of nitrogens with zero attached hydrogens (tertiary/aromatic N) is 2. The van der Waals surface area contributed by atoms with E-state index in [0.29, 0.717) is 18.7 Å². The standard InChI is InChI=1S/C18H21N5O.2ClH/c1-12-3-2-4-15(9-12)23-17-10-14(6-5-13(17)11-21-23)22-18(24)16(20)7-8-19;;/h2-6,9-11,16H,7-8,19-20H2,1H3,(H,22,24);2*1H. The van der Waals surface area contributed by atoms with Gasteiger partial charge in [0.1, 0.15) is 0 Å². The van der Waals surface area contributed by atoms with Crippen molar-refractivity contribution >= 4 is 47.3 Å². The van der Waals surface area contributed by atoms with Gasteiger partial charge in [-0.1, -0.05) is 12.1 Å². The average Bonchev–Trinajstić information content (AvgIpc) is 2.98. The number of amides is 1. The predicted molar refractivity (Wildman–Crippen MR) is 111 cm³/mol. The highest BCUT2D eigenvalue weighted by atomic mass is 35.5. The molecule has 1 unspecified atom stereocenters. The van der Waals surface area contributed by atoms with Crippen molar-refractivity contribution in [2.45, 2.75) is 19.4 Å². The molecule has 0 fully saturated rings. The molecule has 0 saturated carbocycles. The normalized spacial score (nSPS) is 11.3. The van der Waals surface area contributed by atoms with Crippen molar-refractivity contribution in [2.75, 3.05) is 11.9 Å². The number of nitrogens with two attached hydrogens (primary N) is 2. The van der Waals surface area contributed by atoms with Crippen LogP contribution in [-0.2, 0) is 4.79 Å². The third kappa shape index (κ3) is 4.74. The molecule has 0 spiro atoms. The molecule has 6 nitrogen and oxygen atoms in total. The third-order valence-corrected chi connectivity index (χ3v) is 3.90. The van der Waals surface area contributed by atoms with Crippen molar-refractivity contribution in [1.82, 2.24) is 9.78 Å². The number of nitrogens with one attached hydrogen (secondary N) is 1. The summed E-state index contributed by atoms with van der Waals surface area (Å²) in [6, 6.07) is 13.2. The SMILES string of the molecule is Cc1cccc(-n2ncc3ccc(NC(=O)C(N)CCN)cc32)c1.Cl.Cl. The van der Waals surface area contributed by atoms with E-state index in [9.17, 15) is 4.79 Å². The minimum absolute atomic E-state index is 0. The first-order valence-electron chi connectivity index (χ1n) is 7.90. The topological polar surface area (TPSA) is 99.0 Å². The van der Waals surface area contributed by atoms with E-state index >= 15 is 0 Å². The Morgan fingerprint density at radius 1 is 1.23 bits per heavy atom. The number of fused-ring (bicyclic) bond motifs is 1. The largest absolute Gasteiger partial charge is 0.330 e. The van der Waals surface area contributed by atoms with E-state index < -0.39 is 6.04 Å². The lowest BCUT2D eigenvalue weighted by atomic mass is 10.2. The number of aryl methyl sites for hydroxylation is 1.